The Balaban J connectivity index is 1.57. The van der Waals surface area contributed by atoms with Gasteiger partial charge in [0.1, 0.15) is 0 Å². The van der Waals surface area contributed by atoms with E-state index in [4.69, 9.17) is 5.73 Å². The van der Waals surface area contributed by atoms with Crippen LogP contribution in [0.25, 0.3) is 0 Å². The molecule has 1 aromatic rings. The summed E-state index contributed by atoms with van der Waals surface area (Å²) in [5, 5.41) is 8.76. The van der Waals surface area contributed by atoms with Gasteiger partial charge in [-0.1, -0.05) is 0 Å². The van der Waals surface area contributed by atoms with Crippen molar-refractivity contribution in [2.75, 3.05) is 37.6 Å². The second-order valence-corrected chi connectivity index (χ2v) is 6.33. The molecule has 3 rings (SSSR count). The monoisotopic (exact) mass is 303 g/mol. The molecule has 0 radical (unpaired) electrons. The van der Waals surface area contributed by atoms with Crippen LogP contribution in [-0.2, 0) is 11.2 Å². The van der Waals surface area contributed by atoms with Gasteiger partial charge in [0, 0.05) is 26.2 Å². The molecule has 3 heterocycles. The minimum atomic E-state index is 0.0557. The van der Waals surface area contributed by atoms with E-state index in [9.17, 15) is 4.79 Å². The molecule has 1 atom stereocenters. The third-order valence-electron chi connectivity index (χ3n) is 4.68. The summed E-state index contributed by atoms with van der Waals surface area (Å²) >= 11 is 0. The van der Waals surface area contributed by atoms with Gasteiger partial charge in [-0.3, -0.25) is 4.79 Å². The van der Waals surface area contributed by atoms with Crippen molar-refractivity contribution < 1.29 is 4.79 Å². The molecule has 2 saturated heterocycles. The van der Waals surface area contributed by atoms with Crippen LogP contribution in [0.4, 0.5) is 5.82 Å². The van der Waals surface area contributed by atoms with Gasteiger partial charge >= 0.3 is 0 Å². The van der Waals surface area contributed by atoms with E-state index in [1.54, 1.807) is 0 Å². The first kappa shape index (κ1) is 15.2. The number of nitrogens with two attached hydrogens (primary N) is 1. The first-order valence-electron chi connectivity index (χ1n) is 8.31. The molecule has 0 bridgehead atoms. The molecule has 6 heteroatoms. The lowest BCUT2D eigenvalue weighted by Gasteiger charge is -2.32. The normalized spacial score (nSPS) is 22.1. The van der Waals surface area contributed by atoms with Gasteiger partial charge in [-0.25, -0.2) is 0 Å². The maximum Gasteiger partial charge on any atom is 0.236 e. The smallest absolute Gasteiger partial charge is 0.236 e. The van der Waals surface area contributed by atoms with Crippen LogP contribution in [0.1, 0.15) is 31.4 Å². The first-order chi connectivity index (χ1) is 10.8. The highest BCUT2D eigenvalue weighted by molar-refractivity contribution is 5.78. The molecule has 22 heavy (non-hydrogen) atoms. The molecule has 2 aliphatic rings. The lowest BCUT2D eigenvalue weighted by Crippen LogP contribution is -2.43. The van der Waals surface area contributed by atoms with Crippen LogP contribution < -0.4 is 10.6 Å². The third-order valence-corrected chi connectivity index (χ3v) is 4.68. The zero-order valence-electron chi connectivity index (χ0n) is 13.1. The molecule has 0 aromatic carbocycles. The van der Waals surface area contributed by atoms with Crippen molar-refractivity contribution in [2.45, 2.75) is 32.1 Å². The van der Waals surface area contributed by atoms with Crippen molar-refractivity contribution in [3.8, 4) is 0 Å². The zero-order chi connectivity index (χ0) is 15.4. The Labute approximate surface area is 131 Å². The molecule has 2 aliphatic heterocycles. The largest absolute Gasteiger partial charge is 0.355 e. The van der Waals surface area contributed by atoms with Crippen molar-refractivity contribution in [1.82, 2.24) is 15.1 Å². The number of nitrogens with zero attached hydrogens (tertiary/aromatic N) is 4. The van der Waals surface area contributed by atoms with Crippen LogP contribution in [0, 0.1) is 5.92 Å². The van der Waals surface area contributed by atoms with E-state index < -0.39 is 0 Å². The molecular formula is C16H25N5O. The van der Waals surface area contributed by atoms with E-state index in [-0.39, 0.29) is 12.5 Å². The Morgan fingerprint density at radius 2 is 2.00 bits per heavy atom. The Morgan fingerprint density at radius 3 is 2.68 bits per heavy atom. The second kappa shape index (κ2) is 7.05. The molecule has 0 unspecified atom stereocenters. The zero-order valence-corrected chi connectivity index (χ0v) is 13.1. The van der Waals surface area contributed by atoms with Crippen molar-refractivity contribution in [2.24, 2.45) is 11.7 Å². The van der Waals surface area contributed by atoms with Crippen LogP contribution in [0.5, 0.6) is 0 Å². The molecule has 6 nitrogen and oxygen atoms in total. The van der Waals surface area contributed by atoms with E-state index in [1.807, 2.05) is 4.90 Å². The van der Waals surface area contributed by atoms with Crippen molar-refractivity contribution in [3.63, 3.8) is 0 Å². The highest BCUT2D eigenvalue weighted by atomic mass is 16.2. The van der Waals surface area contributed by atoms with Crippen LogP contribution in [0.2, 0.25) is 0 Å². The van der Waals surface area contributed by atoms with Crippen molar-refractivity contribution >= 4 is 11.7 Å². The Hall–Kier alpha value is -1.69. The summed E-state index contributed by atoms with van der Waals surface area (Å²) in [6.45, 7) is 3.92. The number of hydrogen-bond acceptors (Lipinski definition) is 5. The molecule has 2 N–H and O–H groups in total. The average molecular weight is 303 g/mol. The highest BCUT2D eigenvalue weighted by Gasteiger charge is 2.23. The number of hydrogen-bond donors (Lipinski definition) is 1. The molecule has 0 spiro atoms. The number of carbonyl (C=O) groups is 1. The highest BCUT2D eigenvalue weighted by Crippen LogP contribution is 2.21. The van der Waals surface area contributed by atoms with Gasteiger partial charge in [0.15, 0.2) is 5.82 Å². The van der Waals surface area contributed by atoms with E-state index in [2.05, 4.69) is 27.2 Å². The van der Waals surface area contributed by atoms with E-state index >= 15 is 0 Å². The maximum absolute atomic E-state index is 11.7. The number of likely N-dealkylation sites (tertiary alicyclic amines) is 1. The van der Waals surface area contributed by atoms with Crippen LogP contribution >= 0.6 is 0 Å². The van der Waals surface area contributed by atoms with Crippen LogP contribution in [0.3, 0.4) is 0 Å². The summed E-state index contributed by atoms with van der Waals surface area (Å²) in [4.78, 5) is 15.9. The number of piperidine rings is 1. The fourth-order valence-electron chi connectivity index (χ4n) is 3.46. The first-order valence-corrected chi connectivity index (χ1v) is 8.31. The lowest BCUT2D eigenvalue weighted by molar-refractivity contribution is -0.131. The summed E-state index contributed by atoms with van der Waals surface area (Å²) in [7, 11) is 0. The average Bonchev–Trinajstić information content (AvgIpc) is 3.09. The van der Waals surface area contributed by atoms with Crippen LogP contribution in [0.15, 0.2) is 12.1 Å². The van der Waals surface area contributed by atoms with Gasteiger partial charge < -0.3 is 15.5 Å². The summed E-state index contributed by atoms with van der Waals surface area (Å²) in [6.07, 6.45) is 5.58. The van der Waals surface area contributed by atoms with Gasteiger partial charge in [0.2, 0.25) is 5.91 Å². The van der Waals surface area contributed by atoms with E-state index in [1.165, 1.54) is 12.8 Å². The van der Waals surface area contributed by atoms with Gasteiger partial charge in [0.05, 0.1) is 12.2 Å². The number of carbonyl (C=O) groups excluding carboxylic acids is 1. The van der Waals surface area contributed by atoms with E-state index in [0.717, 1.165) is 57.0 Å². The number of rotatable bonds is 4. The minimum absolute atomic E-state index is 0.0557. The molecule has 1 aromatic heterocycles. The van der Waals surface area contributed by atoms with Crippen molar-refractivity contribution in [3.05, 3.63) is 17.8 Å². The number of aromatic nitrogens is 2. The predicted molar refractivity (Wildman–Crippen MR) is 85.5 cm³/mol. The fraction of sp³-hybridized carbons (Fsp3) is 0.688. The topological polar surface area (TPSA) is 75.4 Å². The van der Waals surface area contributed by atoms with Crippen LogP contribution in [-0.4, -0.2) is 53.7 Å². The quantitative estimate of drug-likeness (QED) is 0.891. The molecule has 1 amide bonds. The van der Waals surface area contributed by atoms with Gasteiger partial charge in [-0.2, -0.15) is 5.10 Å². The second-order valence-electron chi connectivity index (χ2n) is 6.33. The Bertz CT molecular complexity index is 498. The molecule has 120 valence electrons. The van der Waals surface area contributed by atoms with Gasteiger partial charge in [0.25, 0.3) is 0 Å². The number of amides is 1. The van der Waals surface area contributed by atoms with Crippen molar-refractivity contribution in [1.29, 1.82) is 0 Å². The van der Waals surface area contributed by atoms with Gasteiger partial charge in [-0.15, -0.1) is 5.10 Å². The Morgan fingerprint density at radius 1 is 1.18 bits per heavy atom. The maximum atomic E-state index is 11.7. The molecule has 0 aliphatic carbocycles. The summed E-state index contributed by atoms with van der Waals surface area (Å²) in [6, 6.07) is 4.17. The molecular weight excluding hydrogens is 278 g/mol. The minimum Gasteiger partial charge on any atom is -0.355 e. The standard InChI is InChI=1S/C16H25N5O/c17-11-16(22)21-9-3-4-13(12-21)10-14-5-6-15(19-18-14)20-7-1-2-8-20/h5-6,13H,1-4,7-12,17H2/t13-/m1/s1. The lowest BCUT2D eigenvalue weighted by atomic mass is 9.93. The summed E-state index contributed by atoms with van der Waals surface area (Å²) < 4.78 is 0. The van der Waals surface area contributed by atoms with Gasteiger partial charge in [-0.05, 0) is 50.2 Å². The Kier molecular flexibility index (Phi) is 4.87. The number of anilines is 1. The molecule has 2 fully saturated rings. The fourth-order valence-corrected chi connectivity index (χ4v) is 3.46. The summed E-state index contributed by atoms with van der Waals surface area (Å²) in [5.74, 6) is 1.51. The third kappa shape index (κ3) is 3.55. The molecule has 0 saturated carbocycles. The predicted octanol–water partition coefficient (Wildman–Crippen LogP) is 0.817. The summed E-state index contributed by atoms with van der Waals surface area (Å²) in [5.41, 5.74) is 6.48. The van der Waals surface area contributed by atoms with E-state index in [0.29, 0.717) is 5.92 Å². The SMILES string of the molecule is NCC(=O)N1CCC[C@H](Cc2ccc(N3CCCC3)nn2)C1.